The van der Waals surface area contributed by atoms with Crippen LogP contribution in [-0.2, 0) is 4.79 Å². The third-order valence-corrected chi connectivity index (χ3v) is 10.2. The highest BCUT2D eigenvalue weighted by atomic mass is 16.3. The minimum absolute atomic E-state index is 0.234. The maximum atomic E-state index is 13.2. The molecule has 4 saturated carbocycles. The molecule has 9 unspecified atom stereocenters. The highest BCUT2D eigenvalue weighted by Gasteiger charge is 2.61. The van der Waals surface area contributed by atoms with E-state index in [4.69, 9.17) is 0 Å². The van der Waals surface area contributed by atoms with Gasteiger partial charge in [0.1, 0.15) is 5.78 Å². The molecule has 0 aromatic rings. The molecule has 0 aliphatic heterocycles. The van der Waals surface area contributed by atoms with Crippen molar-refractivity contribution in [3.05, 3.63) is 0 Å². The van der Waals surface area contributed by atoms with Gasteiger partial charge in [-0.05, 0) is 91.8 Å². The van der Waals surface area contributed by atoms with Gasteiger partial charge in [-0.3, -0.25) is 4.79 Å². The van der Waals surface area contributed by atoms with Gasteiger partial charge in [-0.1, -0.05) is 40.5 Å². The van der Waals surface area contributed by atoms with Gasteiger partial charge in [0.05, 0.1) is 12.2 Å². The predicted molar refractivity (Wildman–Crippen MR) is 116 cm³/mol. The van der Waals surface area contributed by atoms with E-state index >= 15 is 0 Å². The second-order valence-corrected chi connectivity index (χ2v) is 12.2. The number of carbonyl (C=O) groups excluding carboxylic acids is 1. The van der Waals surface area contributed by atoms with Crippen LogP contribution >= 0.6 is 0 Å². The van der Waals surface area contributed by atoms with Crippen LogP contribution in [0.25, 0.3) is 0 Å². The standard InChI is InChI=1S/C26H44O3/c1-16(2)13-23(28)24(29)14-17-8-9-19-18-15-22(27)21-7-5-6-11-26(21,4)20(18)10-12-25(17,19)3/h16-21,23-24,28-29H,5-15H2,1-4H3. The van der Waals surface area contributed by atoms with Gasteiger partial charge in [-0.25, -0.2) is 0 Å². The van der Waals surface area contributed by atoms with Crippen LogP contribution in [-0.4, -0.2) is 28.2 Å². The molecule has 3 heteroatoms. The molecule has 166 valence electrons. The summed E-state index contributed by atoms with van der Waals surface area (Å²) in [4.78, 5) is 13.2. The van der Waals surface area contributed by atoms with E-state index in [1.165, 1.54) is 38.5 Å². The summed E-state index contributed by atoms with van der Waals surface area (Å²) < 4.78 is 0. The summed E-state index contributed by atoms with van der Waals surface area (Å²) in [7, 11) is 0. The molecule has 29 heavy (non-hydrogen) atoms. The Balaban J connectivity index is 1.50. The number of hydrogen-bond donors (Lipinski definition) is 2. The molecule has 4 fully saturated rings. The maximum absolute atomic E-state index is 13.2. The quantitative estimate of drug-likeness (QED) is 0.647. The van der Waals surface area contributed by atoms with Crippen molar-refractivity contribution in [2.75, 3.05) is 0 Å². The summed E-state index contributed by atoms with van der Waals surface area (Å²) in [6, 6.07) is 0. The summed E-state index contributed by atoms with van der Waals surface area (Å²) >= 11 is 0. The number of aliphatic hydroxyl groups excluding tert-OH is 2. The van der Waals surface area contributed by atoms with Crippen LogP contribution in [0.3, 0.4) is 0 Å². The van der Waals surface area contributed by atoms with Crippen molar-refractivity contribution in [1.29, 1.82) is 0 Å². The Morgan fingerprint density at radius 3 is 2.38 bits per heavy atom. The van der Waals surface area contributed by atoms with Crippen molar-refractivity contribution in [2.45, 2.75) is 111 Å². The summed E-state index contributed by atoms with van der Waals surface area (Å²) in [5, 5.41) is 21.1. The van der Waals surface area contributed by atoms with Crippen molar-refractivity contribution < 1.29 is 15.0 Å². The van der Waals surface area contributed by atoms with Gasteiger partial charge in [-0.2, -0.15) is 0 Å². The van der Waals surface area contributed by atoms with Crippen molar-refractivity contribution in [2.24, 2.45) is 46.3 Å². The van der Waals surface area contributed by atoms with Gasteiger partial charge in [0.25, 0.3) is 0 Å². The third kappa shape index (κ3) is 3.63. The minimum atomic E-state index is -0.607. The summed E-state index contributed by atoms with van der Waals surface area (Å²) in [6.07, 6.45) is 10.8. The molecule has 0 aromatic carbocycles. The maximum Gasteiger partial charge on any atom is 0.136 e. The van der Waals surface area contributed by atoms with Crippen LogP contribution in [0.4, 0.5) is 0 Å². The summed E-state index contributed by atoms with van der Waals surface area (Å²) in [6.45, 7) is 9.10. The second kappa shape index (κ2) is 7.93. The zero-order chi connectivity index (χ0) is 21.0. The van der Waals surface area contributed by atoms with E-state index in [0.29, 0.717) is 41.8 Å². The summed E-state index contributed by atoms with van der Waals surface area (Å²) in [5.41, 5.74) is 0.475. The van der Waals surface area contributed by atoms with Gasteiger partial charge in [0.15, 0.2) is 0 Å². The molecule has 0 saturated heterocycles. The van der Waals surface area contributed by atoms with Crippen LogP contribution < -0.4 is 0 Å². The molecular formula is C26H44O3. The number of hydrogen-bond acceptors (Lipinski definition) is 3. The first-order chi connectivity index (χ1) is 13.7. The van der Waals surface area contributed by atoms with E-state index in [9.17, 15) is 15.0 Å². The Labute approximate surface area is 178 Å². The Bertz CT molecular complexity index is 615. The fourth-order valence-corrected chi connectivity index (χ4v) is 8.68. The van der Waals surface area contributed by atoms with Crippen molar-refractivity contribution >= 4 is 5.78 Å². The van der Waals surface area contributed by atoms with E-state index < -0.39 is 12.2 Å². The first-order valence-corrected chi connectivity index (χ1v) is 12.6. The third-order valence-electron chi connectivity index (χ3n) is 10.2. The first-order valence-electron chi connectivity index (χ1n) is 12.6. The number of Topliss-reactive ketones (excluding diaryl/α,β-unsaturated/α-hetero) is 1. The van der Waals surface area contributed by atoms with Gasteiger partial charge < -0.3 is 10.2 Å². The van der Waals surface area contributed by atoms with Crippen LogP contribution in [0.2, 0.25) is 0 Å². The van der Waals surface area contributed by atoms with Gasteiger partial charge >= 0.3 is 0 Å². The fraction of sp³-hybridized carbons (Fsp3) is 0.962. The predicted octanol–water partition coefficient (Wildman–Crippen LogP) is 5.37. The lowest BCUT2D eigenvalue weighted by molar-refractivity contribution is -0.154. The lowest BCUT2D eigenvalue weighted by atomic mass is 9.44. The number of ketones is 1. The Hall–Kier alpha value is -0.410. The number of carbonyl (C=O) groups is 1. The second-order valence-electron chi connectivity index (χ2n) is 12.2. The lowest BCUT2D eigenvalue weighted by Crippen LogP contribution is -2.55. The molecule has 4 rings (SSSR count). The fourth-order valence-electron chi connectivity index (χ4n) is 8.68. The first kappa shape index (κ1) is 21.8. The average Bonchev–Trinajstić information content (AvgIpc) is 2.98. The van der Waals surface area contributed by atoms with Crippen molar-refractivity contribution in [3.8, 4) is 0 Å². The van der Waals surface area contributed by atoms with E-state index in [0.717, 1.165) is 31.6 Å². The highest BCUT2D eigenvalue weighted by molar-refractivity contribution is 5.83. The molecule has 2 N–H and O–H groups in total. The van der Waals surface area contributed by atoms with Crippen LogP contribution in [0.15, 0.2) is 0 Å². The molecule has 3 nitrogen and oxygen atoms in total. The largest absolute Gasteiger partial charge is 0.390 e. The molecule has 0 amide bonds. The number of rotatable bonds is 5. The van der Waals surface area contributed by atoms with Gasteiger partial charge in [0.2, 0.25) is 0 Å². The number of fused-ring (bicyclic) bond motifs is 5. The van der Waals surface area contributed by atoms with Crippen molar-refractivity contribution in [1.82, 2.24) is 0 Å². The van der Waals surface area contributed by atoms with Crippen LogP contribution in [0.5, 0.6) is 0 Å². The molecule has 4 aliphatic carbocycles. The molecule has 9 atom stereocenters. The van der Waals surface area contributed by atoms with E-state index in [1.807, 2.05) is 0 Å². The van der Waals surface area contributed by atoms with Gasteiger partial charge in [-0.15, -0.1) is 0 Å². The molecule has 0 heterocycles. The highest BCUT2D eigenvalue weighted by Crippen LogP contribution is 2.67. The van der Waals surface area contributed by atoms with Crippen LogP contribution in [0.1, 0.15) is 98.3 Å². The van der Waals surface area contributed by atoms with E-state index in [2.05, 4.69) is 27.7 Å². The number of aliphatic hydroxyl groups is 2. The molecule has 0 spiro atoms. The SMILES string of the molecule is CC(C)CC(O)C(O)CC1CCC2C3CC(=O)C4CCCCC4(C)C3CCC12C. The van der Waals surface area contributed by atoms with Gasteiger partial charge in [0, 0.05) is 12.3 Å². The normalized spacial score (nSPS) is 46.7. The summed E-state index contributed by atoms with van der Waals surface area (Å²) in [5.74, 6) is 3.68. The Morgan fingerprint density at radius 1 is 0.931 bits per heavy atom. The molecule has 4 aliphatic rings. The lowest BCUT2D eigenvalue weighted by Gasteiger charge is -2.59. The average molecular weight is 405 g/mol. The molecule has 0 radical (unpaired) electrons. The van der Waals surface area contributed by atoms with Crippen LogP contribution in [0, 0.1) is 46.3 Å². The molecule has 0 aromatic heterocycles. The van der Waals surface area contributed by atoms with Crippen molar-refractivity contribution in [3.63, 3.8) is 0 Å². The Morgan fingerprint density at radius 2 is 1.66 bits per heavy atom. The monoisotopic (exact) mass is 404 g/mol. The zero-order valence-corrected chi connectivity index (χ0v) is 19.2. The molecule has 0 bridgehead atoms. The minimum Gasteiger partial charge on any atom is -0.390 e. The molecular weight excluding hydrogens is 360 g/mol. The van der Waals surface area contributed by atoms with E-state index in [-0.39, 0.29) is 10.8 Å². The van der Waals surface area contributed by atoms with E-state index in [1.54, 1.807) is 0 Å². The smallest absolute Gasteiger partial charge is 0.136 e. The Kier molecular flexibility index (Phi) is 5.97. The topological polar surface area (TPSA) is 57.5 Å². The zero-order valence-electron chi connectivity index (χ0n) is 19.2.